The summed E-state index contributed by atoms with van der Waals surface area (Å²) in [7, 11) is 0. The minimum absolute atomic E-state index is 0.0838. The molecule has 24 heavy (non-hydrogen) atoms. The van der Waals surface area contributed by atoms with Crippen molar-refractivity contribution in [2.24, 2.45) is 5.92 Å². The van der Waals surface area contributed by atoms with Gasteiger partial charge < -0.3 is 9.47 Å². The predicted molar refractivity (Wildman–Crippen MR) is 94.4 cm³/mol. The van der Waals surface area contributed by atoms with E-state index >= 15 is 0 Å². The number of rotatable bonds is 2. The summed E-state index contributed by atoms with van der Waals surface area (Å²) in [6.07, 6.45) is 6.95. The molecule has 1 unspecified atom stereocenters. The Morgan fingerprint density at radius 1 is 1.25 bits per heavy atom. The van der Waals surface area contributed by atoms with Crippen LogP contribution in [0, 0.1) is 12.8 Å². The summed E-state index contributed by atoms with van der Waals surface area (Å²) >= 11 is 0. The fourth-order valence-corrected chi connectivity index (χ4v) is 3.83. The molecule has 0 fully saturated rings. The lowest BCUT2D eigenvalue weighted by Crippen LogP contribution is -2.42. The van der Waals surface area contributed by atoms with E-state index in [-0.39, 0.29) is 5.92 Å². The van der Waals surface area contributed by atoms with Crippen molar-refractivity contribution in [3.8, 4) is 0 Å². The molecule has 2 aliphatic rings. The summed E-state index contributed by atoms with van der Waals surface area (Å²) in [6, 6.07) is 10.4. The lowest BCUT2D eigenvalue weighted by atomic mass is 9.95. The van der Waals surface area contributed by atoms with Gasteiger partial charge >= 0.3 is 0 Å². The third kappa shape index (κ3) is 2.77. The molecule has 0 saturated heterocycles. The normalized spacial score (nSPS) is 20.5. The number of imidazole rings is 1. The van der Waals surface area contributed by atoms with Crippen molar-refractivity contribution in [3.05, 3.63) is 59.7 Å². The largest absolute Gasteiger partial charge is 0.338 e. The first kappa shape index (κ1) is 15.2. The third-order valence-electron chi connectivity index (χ3n) is 5.21. The monoisotopic (exact) mass is 321 g/mol. The molecule has 3 heterocycles. The van der Waals surface area contributed by atoms with E-state index in [2.05, 4.69) is 46.8 Å². The predicted octanol–water partition coefficient (Wildman–Crippen LogP) is 3.07. The van der Waals surface area contributed by atoms with Crippen LogP contribution < -0.4 is 0 Å². The van der Waals surface area contributed by atoms with E-state index in [0.717, 1.165) is 50.4 Å². The molecule has 4 rings (SSSR count). The Morgan fingerprint density at radius 3 is 2.92 bits per heavy atom. The average molecular weight is 321 g/mol. The minimum atomic E-state index is 0.0838. The van der Waals surface area contributed by atoms with Crippen LogP contribution >= 0.6 is 0 Å². The maximum Gasteiger partial charge on any atom is 0.227 e. The number of carbonyl (C=O) groups excluding carboxylic acids is 1. The van der Waals surface area contributed by atoms with Crippen molar-refractivity contribution in [2.75, 3.05) is 13.1 Å². The SMILES string of the molecule is Cc1cnc2n1CC(C(=O)N1CCC=C(c3ccccc3)C1)CC2. The first-order valence-corrected chi connectivity index (χ1v) is 8.76. The van der Waals surface area contributed by atoms with Crippen LogP contribution in [0.4, 0.5) is 0 Å². The summed E-state index contributed by atoms with van der Waals surface area (Å²) in [5.41, 5.74) is 3.66. The quantitative estimate of drug-likeness (QED) is 0.852. The molecule has 0 bridgehead atoms. The lowest BCUT2D eigenvalue weighted by molar-refractivity contribution is -0.136. The van der Waals surface area contributed by atoms with Gasteiger partial charge in [0.25, 0.3) is 0 Å². The van der Waals surface area contributed by atoms with Gasteiger partial charge in [0.2, 0.25) is 5.91 Å². The second kappa shape index (κ2) is 6.27. The molecule has 2 aliphatic heterocycles. The number of hydrogen-bond donors (Lipinski definition) is 0. The Kier molecular flexibility index (Phi) is 3.97. The maximum absolute atomic E-state index is 13.0. The van der Waals surface area contributed by atoms with E-state index < -0.39 is 0 Å². The van der Waals surface area contributed by atoms with Crippen LogP contribution in [0.3, 0.4) is 0 Å². The maximum atomic E-state index is 13.0. The molecule has 0 radical (unpaired) electrons. The number of nitrogens with zero attached hydrogens (tertiary/aromatic N) is 3. The number of hydrogen-bond acceptors (Lipinski definition) is 2. The van der Waals surface area contributed by atoms with E-state index in [1.54, 1.807) is 0 Å². The van der Waals surface area contributed by atoms with Crippen molar-refractivity contribution >= 4 is 11.5 Å². The van der Waals surface area contributed by atoms with Crippen LogP contribution in [-0.4, -0.2) is 33.4 Å². The molecule has 1 amide bonds. The highest BCUT2D eigenvalue weighted by Crippen LogP contribution is 2.26. The van der Waals surface area contributed by atoms with Crippen molar-refractivity contribution in [3.63, 3.8) is 0 Å². The van der Waals surface area contributed by atoms with Crippen molar-refractivity contribution in [1.82, 2.24) is 14.5 Å². The fourth-order valence-electron chi connectivity index (χ4n) is 3.83. The Bertz CT molecular complexity index is 775. The van der Waals surface area contributed by atoms with E-state index in [1.165, 1.54) is 11.1 Å². The zero-order valence-corrected chi connectivity index (χ0v) is 14.1. The molecule has 0 saturated carbocycles. The standard InChI is InChI=1S/C20H23N3O/c1-15-12-21-19-10-9-18(14-23(15)19)20(24)22-11-5-8-17(13-22)16-6-3-2-4-7-16/h2-4,6-8,12,18H,5,9-11,13-14H2,1H3. The summed E-state index contributed by atoms with van der Waals surface area (Å²) in [4.78, 5) is 19.5. The molecule has 1 aromatic heterocycles. The molecule has 1 atom stereocenters. The molecule has 4 nitrogen and oxygen atoms in total. The fraction of sp³-hybridized carbons (Fsp3) is 0.400. The zero-order valence-electron chi connectivity index (χ0n) is 14.1. The van der Waals surface area contributed by atoms with Gasteiger partial charge in [-0.3, -0.25) is 4.79 Å². The van der Waals surface area contributed by atoms with E-state index in [0.29, 0.717) is 5.91 Å². The molecule has 0 aliphatic carbocycles. The Balaban J connectivity index is 1.48. The van der Waals surface area contributed by atoms with Gasteiger partial charge in [-0.05, 0) is 30.9 Å². The minimum Gasteiger partial charge on any atom is -0.338 e. The smallest absolute Gasteiger partial charge is 0.227 e. The highest BCUT2D eigenvalue weighted by molar-refractivity contribution is 5.82. The van der Waals surface area contributed by atoms with Crippen LogP contribution in [0.5, 0.6) is 0 Å². The first-order chi connectivity index (χ1) is 11.7. The molecular formula is C20H23N3O. The van der Waals surface area contributed by atoms with Crippen LogP contribution in [0.2, 0.25) is 0 Å². The van der Waals surface area contributed by atoms with Crippen LogP contribution in [0.15, 0.2) is 42.6 Å². The van der Waals surface area contributed by atoms with Gasteiger partial charge in [-0.2, -0.15) is 0 Å². The van der Waals surface area contributed by atoms with E-state index in [1.807, 2.05) is 17.2 Å². The van der Waals surface area contributed by atoms with Crippen molar-refractivity contribution < 1.29 is 4.79 Å². The molecular weight excluding hydrogens is 298 g/mol. The summed E-state index contributed by atoms with van der Waals surface area (Å²) in [5, 5.41) is 0. The van der Waals surface area contributed by atoms with Gasteiger partial charge in [-0.1, -0.05) is 36.4 Å². The summed E-state index contributed by atoms with van der Waals surface area (Å²) in [6.45, 7) is 4.41. The first-order valence-electron chi connectivity index (χ1n) is 8.76. The lowest BCUT2D eigenvalue weighted by Gasteiger charge is -2.33. The van der Waals surface area contributed by atoms with Gasteiger partial charge in [0.1, 0.15) is 5.82 Å². The molecule has 1 aromatic carbocycles. The molecule has 0 spiro atoms. The van der Waals surface area contributed by atoms with E-state index in [4.69, 9.17) is 0 Å². The highest BCUT2D eigenvalue weighted by Gasteiger charge is 2.30. The number of aromatic nitrogens is 2. The molecule has 0 N–H and O–H groups in total. The Hall–Kier alpha value is -2.36. The second-order valence-electron chi connectivity index (χ2n) is 6.81. The Morgan fingerprint density at radius 2 is 2.08 bits per heavy atom. The Labute approximate surface area is 142 Å². The van der Waals surface area contributed by atoms with Gasteiger partial charge in [0.15, 0.2) is 0 Å². The van der Waals surface area contributed by atoms with Crippen molar-refractivity contribution in [1.29, 1.82) is 0 Å². The van der Waals surface area contributed by atoms with Gasteiger partial charge in [-0.25, -0.2) is 4.98 Å². The summed E-state index contributed by atoms with van der Waals surface area (Å²) in [5.74, 6) is 1.51. The third-order valence-corrected chi connectivity index (χ3v) is 5.21. The van der Waals surface area contributed by atoms with E-state index in [9.17, 15) is 4.79 Å². The average Bonchev–Trinajstić information content (AvgIpc) is 3.02. The number of benzene rings is 1. The molecule has 4 heteroatoms. The van der Waals surface area contributed by atoms with Crippen molar-refractivity contribution in [2.45, 2.75) is 32.7 Å². The second-order valence-corrected chi connectivity index (χ2v) is 6.81. The van der Waals surface area contributed by atoms with Gasteiger partial charge in [0, 0.05) is 37.9 Å². The molecule has 124 valence electrons. The number of carbonyl (C=O) groups is 1. The topological polar surface area (TPSA) is 38.1 Å². The number of amides is 1. The summed E-state index contributed by atoms with van der Waals surface area (Å²) < 4.78 is 2.21. The van der Waals surface area contributed by atoms with Crippen LogP contribution in [-0.2, 0) is 17.8 Å². The van der Waals surface area contributed by atoms with Crippen LogP contribution in [0.1, 0.15) is 29.9 Å². The zero-order chi connectivity index (χ0) is 16.5. The van der Waals surface area contributed by atoms with Crippen LogP contribution in [0.25, 0.3) is 5.57 Å². The molecule has 2 aromatic rings. The van der Waals surface area contributed by atoms with Gasteiger partial charge in [-0.15, -0.1) is 0 Å². The van der Waals surface area contributed by atoms with Gasteiger partial charge in [0.05, 0.1) is 5.92 Å². The highest BCUT2D eigenvalue weighted by atomic mass is 16.2. The number of aryl methyl sites for hydroxylation is 2. The number of fused-ring (bicyclic) bond motifs is 1.